The molecule has 0 spiro atoms. The Morgan fingerprint density at radius 2 is 1.86 bits per heavy atom. The van der Waals surface area contributed by atoms with Crippen LogP contribution in [-0.2, 0) is 5.75 Å². The predicted octanol–water partition coefficient (Wildman–Crippen LogP) is 3.07. The summed E-state index contributed by atoms with van der Waals surface area (Å²) < 4.78 is 5.46. The van der Waals surface area contributed by atoms with E-state index in [0.717, 1.165) is 46.6 Å². The van der Waals surface area contributed by atoms with Gasteiger partial charge < -0.3 is 14.5 Å². The van der Waals surface area contributed by atoms with Crippen LogP contribution in [0.15, 0.2) is 60.0 Å². The van der Waals surface area contributed by atoms with Crippen molar-refractivity contribution in [2.45, 2.75) is 10.9 Å². The average molecular weight is 410 g/mol. The zero-order valence-electron chi connectivity index (χ0n) is 16.2. The molecule has 2 heterocycles. The fraction of sp³-hybridized carbons (Fsp3) is 0.286. The summed E-state index contributed by atoms with van der Waals surface area (Å²) in [7, 11) is 1.69. The normalized spacial score (nSPS) is 14.1. The van der Waals surface area contributed by atoms with E-state index in [0.29, 0.717) is 13.1 Å². The van der Waals surface area contributed by atoms with Gasteiger partial charge >= 0.3 is 0 Å². The highest BCUT2D eigenvalue weighted by Crippen LogP contribution is 2.28. The first-order valence-electron chi connectivity index (χ1n) is 9.49. The van der Waals surface area contributed by atoms with Crippen LogP contribution in [0.2, 0.25) is 0 Å². The van der Waals surface area contributed by atoms with Crippen molar-refractivity contribution in [3.63, 3.8) is 0 Å². The largest absolute Gasteiger partial charge is 0.495 e. The highest BCUT2D eigenvalue weighted by atomic mass is 32.2. The number of aromatic amines is 1. The molecule has 0 radical (unpaired) electrons. The lowest BCUT2D eigenvalue weighted by molar-refractivity contribution is 0.0746. The van der Waals surface area contributed by atoms with Crippen molar-refractivity contribution < 1.29 is 9.53 Å². The van der Waals surface area contributed by atoms with E-state index in [9.17, 15) is 4.79 Å². The van der Waals surface area contributed by atoms with Crippen LogP contribution in [0.4, 0.5) is 5.69 Å². The van der Waals surface area contributed by atoms with E-state index in [1.807, 2.05) is 47.4 Å². The van der Waals surface area contributed by atoms with Gasteiger partial charge in [-0.1, -0.05) is 36.0 Å². The fourth-order valence-corrected chi connectivity index (χ4v) is 4.12. The minimum atomic E-state index is 0.0825. The Hall–Kier alpha value is -3.00. The van der Waals surface area contributed by atoms with E-state index < -0.39 is 0 Å². The first kappa shape index (κ1) is 19.3. The van der Waals surface area contributed by atoms with Crippen molar-refractivity contribution in [1.82, 2.24) is 20.1 Å². The molecule has 1 N–H and O–H groups in total. The number of hydrogen-bond donors (Lipinski definition) is 1. The van der Waals surface area contributed by atoms with E-state index in [2.05, 4.69) is 26.1 Å². The molecule has 1 saturated heterocycles. The van der Waals surface area contributed by atoms with Crippen LogP contribution in [-0.4, -0.2) is 59.3 Å². The average Bonchev–Trinajstić information content (AvgIpc) is 3.31. The molecule has 150 valence electrons. The molecule has 8 heteroatoms. The lowest BCUT2D eigenvalue weighted by atomic mass is 10.1. The number of nitrogens with zero attached hydrogens (tertiary/aromatic N) is 4. The zero-order valence-corrected chi connectivity index (χ0v) is 17.1. The van der Waals surface area contributed by atoms with Gasteiger partial charge in [0.05, 0.1) is 12.8 Å². The summed E-state index contributed by atoms with van der Waals surface area (Å²) in [6.07, 6.45) is 1.50. The second-order valence-corrected chi connectivity index (χ2v) is 7.69. The monoisotopic (exact) mass is 409 g/mol. The van der Waals surface area contributed by atoms with Crippen LogP contribution < -0.4 is 9.64 Å². The van der Waals surface area contributed by atoms with Gasteiger partial charge in [0.2, 0.25) is 0 Å². The van der Waals surface area contributed by atoms with Gasteiger partial charge in [0.25, 0.3) is 5.91 Å². The molecule has 0 unspecified atom stereocenters. The van der Waals surface area contributed by atoms with E-state index in [1.165, 1.54) is 6.33 Å². The third-order valence-corrected chi connectivity index (χ3v) is 5.91. The number of rotatable bonds is 6. The van der Waals surface area contributed by atoms with Crippen molar-refractivity contribution in [2.24, 2.45) is 0 Å². The maximum atomic E-state index is 12.9. The molecule has 1 fully saturated rings. The highest BCUT2D eigenvalue weighted by molar-refractivity contribution is 7.98. The summed E-state index contributed by atoms with van der Waals surface area (Å²) in [6, 6.07) is 15.8. The molecule has 0 atom stereocenters. The molecule has 3 aromatic rings. The van der Waals surface area contributed by atoms with Gasteiger partial charge in [0.15, 0.2) is 5.16 Å². The van der Waals surface area contributed by atoms with Crippen LogP contribution in [0.3, 0.4) is 0 Å². The molecule has 1 aromatic heterocycles. The van der Waals surface area contributed by atoms with Gasteiger partial charge in [-0.25, -0.2) is 4.98 Å². The van der Waals surface area contributed by atoms with Crippen molar-refractivity contribution in [1.29, 1.82) is 0 Å². The molecule has 1 aliphatic rings. The lowest BCUT2D eigenvalue weighted by Gasteiger charge is -2.36. The molecule has 1 aliphatic heterocycles. The molecule has 0 bridgehead atoms. The van der Waals surface area contributed by atoms with Crippen LogP contribution in [0.5, 0.6) is 5.75 Å². The van der Waals surface area contributed by atoms with Gasteiger partial charge in [-0.05, 0) is 29.8 Å². The summed E-state index contributed by atoms with van der Waals surface area (Å²) in [4.78, 5) is 21.2. The number of para-hydroxylation sites is 2. The molecule has 7 nitrogen and oxygen atoms in total. The molecular weight excluding hydrogens is 386 g/mol. The Labute approximate surface area is 174 Å². The second-order valence-electron chi connectivity index (χ2n) is 6.73. The van der Waals surface area contributed by atoms with Crippen molar-refractivity contribution in [3.05, 3.63) is 66.0 Å². The topological polar surface area (TPSA) is 74.3 Å². The van der Waals surface area contributed by atoms with Crippen LogP contribution in [0.25, 0.3) is 0 Å². The number of carbonyl (C=O) groups excluding carboxylic acids is 1. The number of thioether (sulfide) groups is 1. The maximum Gasteiger partial charge on any atom is 0.253 e. The van der Waals surface area contributed by atoms with Crippen LogP contribution in [0, 0.1) is 0 Å². The predicted molar refractivity (Wildman–Crippen MR) is 113 cm³/mol. The number of methoxy groups -OCH3 is 1. The number of benzene rings is 2. The number of hydrogen-bond acceptors (Lipinski definition) is 6. The van der Waals surface area contributed by atoms with Gasteiger partial charge in [-0.15, -0.1) is 0 Å². The first-order chi connectivity index (χ1) is 14.2. The molecular formula is C21H23N5O2S. The Bertz CT molecular complexity index is 938. The number of H-pyrrole nitrogens is 1. The molecule has 29 heavy (non-hydrogen) atoms. The first-order valence-corrected chi connectivity index (χ1v) is 10.5. The minimum Gasteiger partial charge on any atom is -0.495 e. The summed E-state index contributed by atoms with van der Waals surface area (Å²) in [5.74, 6) is 1.73. The summed E-state index contributed by atoms with van der Waals surface area (Å²) in [5.41, 5.74) is 2.95. The van der Waals surface area contributed by atoms with Gasteiger partial charge in [0, 0.05) is 37.5 Å². The van der Waals surface area contributed by atoms with Gasteiger partial charge in [0.1, 0.15) is 12.1 Å². The number of aromatic nitrogens is 3. The minimum absolute atomic E-state index is 0.0825. The van der Waals surface area contributed by atoms with Crippen LogP contribution >= 0.6 is 11.8 Å². The SMILES string of the molecule is COc1ccccc1N1CCN(C(=O)c2ccc(CSc3ncn[nH]3)cc2)CC1. The van der Waals surface area contributed by atoms with Crippen LogP contribution in [0.1, 0.15) is 15.9 Å². The molecule has 2 aromatic carbocycles. The van der Waals surface area contributed by atoms with E-state index in [1.54, 1.807) is 18.9 Å². The molecule has 1 amide bonds. The Balaban J connectivity index is 1.33. The van der Waals surface area contributed by atoms with E-state index in [4.69, 9.17) is 4.74 Å². The smallest absolute Gasteiger partial charge is 0.253 e. The van der Waals surface area contributed by atoms with E-state index >= 15 is 0 Å². The second kappa shape index (κ2) is 9.00. The van der Waals surface area contributed by atoms with E-state index in [-0.39, 0.29) is 5.91 Å². The fourth-order valence-electron chi connectivity index (χ4n) is 3.38. The lowest BCUT2D eigenvalue weighted by Crippen LogP contribution is -2.48. The van der Waals surface area contributed by atoms with Gasteiger partial charge in [-0.3, -0.25) is 9.89 Å². The zero-order chi connectivity index (χ0) is 20.1. The standard InChI is InChI=1S/C21H23N5O2S/c1-28-19-5-3-2-4-18(19)25-10-12-26(13-11-25)20(27)17-8-6-16(7-9-17)14-29-21-22-15-23-24-21/h2-9,15H,10-14H2,1H3,(H,22,23,24). The maximum absolute atomic E-state index is 12.9. The number of carbonyl (C=O) groups is 1. The number of ether oxygens (including phenoxy) is 1. The number of amides is 1. The highest BCUT2D eigenvalue weighted by Gasteiger charge is 2.23. The molecule has 0 saturated carbocycles. The molecule has 4 rings (SSSR count). The third kappa shape index (κ3) is 4.54. The Kier molecular flexibility index (Phi) is 6.00. The third-order valence-electron chi connectivity index (χ3n) is 4.96. The Morgan fingerprint density at radius 1 is 1.10 bits per heavy atom. The number of piperazine rings is 1. The van der Waals surface area contributed by atoms with Crippen molar-refractivity contribution in [2.75, 3.05) is 38.2 Å². The summed E-state index contributed by atoms with van der Waals surface area (Å²) in [6.45, 7) is 2.97. The molecule has 0 aliphatic carbocycles. The number of nitrogens with one attached hydrogen (secondary N) is 1. The van der Waals surface area contributed by atoms with Crippen molar-refractivity contribution in [3.8, 4) is 5.75 Å². The van der Waals surface area contributed by atoms with Crippen molar-refractivity contribution >= 4 is 23.4 Å². The quantitative estimate of drug-likeness (QED) is 0.631. The number of anilines is 1. The van der Waals surface area contributed by atoms with Gasteiger partial charge in [-0.2, -0.15) is 5.10 Å². The Morgan fingerprint density at radius 3 is 2.55 bits per heavy atom. The summed E-state index contributed by atoms with van der Waals surface area (Å²) in [5, 5.41) is 7.46. The summed E-state index contributed by atoms with van der Waals surface area (Å²) >= 11 is 1.58.